The lowest BCUT2D eigenvalue weighted by atomic mass is 10.1. The van der Waals surface area contributed by atoms with E-state index in [1.807, 2.05) is 24.3 Å². The van der Waals surface area contributed by atoms with Crippen molar-refractivity contribution < 1.29 is 19.1 Å². The van der Waals surface area contributed by atoms with Crippen molar-refractivity contribution in [2.45, 2.75) is 13.3 Å². The van der Waals surface area contributed by atoms with Gasteiger partial charge in [-0.25, -0.2) is 0 Å². The van der Waals surface area contributed by atoms with Gasteiger partial charge in [0.15, 0.2) is 6.61 Å². The van der Waals surface area contributed by atoms with Crippen LogP contribution in [-0.4, -0.2) is 25.5 Å². The highest BCUT2D eigenvalue weighted by Crippen LogP contribution is 2.20. The molecule has 0 radical (unpaired) electrons. The summed E-state index contributed by atoms with van der Waals surface area (Å²) in [5.74, 6) is 0.566. The summed E-state index contributed by atoms with van der Waals surface area (Å²) in [6.07, 6.45) is 0.940. The molecule has 0 aliphatic rings. The largest absolute Gasteiger partial charge is 0.497 e. The van der Waals surface area contributed by atoms with Gasteiger partial charge >= 0.3 is 0 Å². The first-order chi connectivity index (χ1) is 14.6. The zero-order chi connectivity index (χ0) is 21.3. The quantitative estimate of drug-likeness (QED) is 0.578. The van der Waals surface area contributed by atoms with Gasteiger partial charge in [0.05, 0.1) is 18.4 Å². The molecule has 0 atom stereocenters. The Kier molecular flexibility index (Phi) is 7.05. The summed E-state index contributed by atoms with van der Waals surface area (Å²) in [6.45, 7) is 1.92. The van der Waals surface area contributed by atoms with Crippen LogP contribution in [0.15, 0.2) is 72.8 Å². The normalized spacial score (nSPS) is 10.2. The van der Waals surface area contributed by atoms with Gasteiger partial charge in [-0.3, -0.25) is 9.59 Å². The number of anilines is 2. The molecule has 3 aromatic rings. The zero-order valence-electron chi connectivity index (χ0n) is 17.0. The molecule has 0 saturated carbocycles. The first-order valence-corrected chi connectivity index (χ1v) is 9.65. The predicted octanol–water partition coefficient (Wildman–Crippen LogP) is 4.53. The van der Waals surface area contributed by atoms with Gasteiger partial charge in [-0.2, -0.15) is 0 Å². The van der Waals surface area contributed by atoms with Crippen molar-refractivity contribution in [3.63, 3.8) is 0 Å². The molecule has 0 spiro atoms. The van der Waals surface area contributed by atoms with Crippen molar-refractivity contribution in [2.24, 2.45) is 0 Å². The molecule has 3 aromatic carbocycles. The Hall–Kier alpha value is -3.80. The van der Waals surface area contributed by atoms with E-state index in [0.717, 1.165) is 6.42 Å². The van der Waals surface area contributed by atoms with Gasteiger partial charge in [-0.1, -0.05) is 37.3 Å². The van der Waals surface area contributed by atoms with Crippen molar-refractivity contribution in [2.75, 3.05) is 24.4 Å². The highest BCUT2D eigenvalue weighted by Gasteiger charge is 2.14. The maximum atomic E-state index is 12.7. The number of nitrogens with one attached hydrogen (secondary N) is 2. The highest BCUT2D eigenvalue weighted by atomic mass is 16.5. The molecule has 0 aliphatic carbocycles. The lowest BCUT2D eigenvalue weighted by molar-refractivity contribution is -0.118. The molecule has 0 bridgehead atoms. The number of para-hydroxylation sites is 1. The van der Waals surface area contributed by atoms with Gasteiger partial charge in [-0.05, 0) is 48.4 Å². The van der Waals surface area contributed by atoms with Crippen LogP contribution in [0.1, 0.15) is 22.8 Å². The maximum absolute atomic E-state index is 12.7. The molecule has 30 heavy (non-hydrogen) atoms. The van der Waals surface area contributed by atoms with Gasteiger partial charge in [0, 0.05) is 11.8 Å². The van der Waals surface area contributed by atoms with E-state index >= 15 is 0 Å². The van der Waals surface area contributed by atoms with Crippen LogP contribution in [0.2, 0.25) is 0 Å². The van der Waals surface area contributed by atoms with Crippen molar-refractivity contribution >= 4 is 23.2 Å². The highest BCUT2D eigenvalue weighted by molar-refractivity contribution is 6.10. The van der Waals surface area contributed by atoms with Gasteiger partial charge in [-0.15, -0.1) is 0 Å². The molecular formula is C24H24N2O4. The number of benzene rings is 3. The van der Waals surface area contributed by atoms with E-state index in [2.05, 4.69) is 17.6 Å². The molecular weight excluding hydrogens is 380 g/mol. The summed E-state index contributed by atoms with van der Waals surface area (Å²) in [5.41, 5.74) is 2.55. The van der Waals surface area contributed by atoms with E-state index in [1.54, 1.807) is 55.6 Å². The van der Waals surface area contributed by atoms with Gasteiger partial charge < -0.3 is 20.1 Å². The number of hydrogen-bond donors (Lipinski definition) is 2. The molecule has 0 aromatic heterocycles. The lowest BCUT2D eigenvalue weighted by Gasteiger charge is -2.12. The van der Waals surface area contributed by atoms with E-state index in [1.165, 1.54) is 5.56 Å². The van der Waals surface area contributed by atoms with Crippen molar-refractivity contribution in [3.05, 3.63) is 83.9 Å². The summed E-state index contributed by atoms with van der Waals surface area (Å²) >= 11 is 0. The molecule has 154 valence electrons. The van der Waals surface area contributed by atoms with Gasteiger partial charge in [0.1, 0.15) is 11.5 Å². The van der Waals surface area contributed by atoms with E-state index in [4.69, 9.17) is 9.47 Å². The van der Waals surface area contributed by atoms with Crippen LogP contribution in [0, 0.1) is 0 Å². The van der Waals surface area contributed by atoms with Crippen molar-refractivity contribution in [1.29, 1.82) is 0 Å². The van der Waals surface area contributed by atoms with Crippen molar-refractivity contribution in [3.8, 4) is 11.5 Å². The van der Waals surface area contributed by atoms with E-state index in [-0.39, 0.29) is 18.4 Å². The average Bonchev–Trinajstić information content (AvgIpc) is 2.78. The first-order valence-electron chi connectivity index (χ1n) is 9.65. The third-order valence-electron chi connectivity index (χ3n) is 4.47. The second-order valence-electron chi connectivity index (χ2n) is 6.57. The third-order valence-corrected chi connectivity index (χ3v) is 4.47. The molecule has 6 nitrogen and oxygen atoms in total. The number of methoxy groups -OCH3 is 1. The maximum Gasteiger partial charge on any atom is 0.262 e. The molecule has 0 saturated heterocycles. The fraction of sp³-hybridized carbons (Fsp3) is 0.167. The summed E-state index contributed by atoms with van der Waals surface area (Å²) in [7, 11) is 1.56. The van der Waals surface area contributed by atoms with Crippen LogP contribution in [0.5, 0.6) is 11.5 Å². The summed E-state index contributed by atoms with van der Waals surface area (Å²) in [5, 5.41) is 5.56. The number of rotatable bonds is 8. The molecule has 2 amide bonds. The number of aryl methyl sites for hydroxylation is 1. The molecule has 2 N–H and O–H groups in total. The molecule has 0 aliphatic heterocycles. The van der Waals surface area contributed by atoms with Crippen LogP contribution >= 0.6 is 0 Å². The second-order valence-corrected chi connectivity index (χ2v) is 6.57. The summed E-state index contributed by atoms with van der Waals surface area (Å²) in [6, 6.07) is 21.5. The Morgan fingerprint density at radius 1 is 0.867 bits per heavy atom. The number of ether oxygens (including phenoxy) is 2. The van der Waals surface area contributed by atoms with Crippen LogP contribution in [-0.2, 0) is 11.2 Å². The molecule has 0 unspecified atom stereocenters. The molecule has 3 rings (SSSR count). The van der Waals surface area contributed by atoms with Crippen LogP contribution < -0.4 is 20.1 Å². The molecule has 6 heteroatoms. The third kappa shape index (κ3) is 5.61. The summed E-state index contributed by atoms with van der Waals surface area (Å²) in [4.78, 5) is 25.1. The van der Waals surface area contributed by atoms with E-state index < -0.39 is 0 Å². The molecule has 0 fully saturated rings. The minimum absolute atomic E-state index is 0.155. The number of hydrogen-bond acceptors (Lipinski definition) is 4. The standard InChI is InChI=1S/C24H24N2O4/c1-3-17-11-13-19(14-12-17)30-16-23(27)26-22-10-5-4-9-21(22)24(28)25-18-7-6-8-20(15-18)29-2/h4-15H,3,16H2,1-2H3,(H,25,28)(H,26,27). The number of carbonyl (C=O) groups excluding carboxylic acids is 2. The Bertz CT molecular complexity index is 1020. The summed E-state index contributed by atoms with van der Waals surface area (Å²) < 4.78 is 10.7. The fourth-order valence-corrected chi connectivity index (χ4v) is 2.85. The topological polar surface area (TPSA) is 76.7 Å². The van der Waals surface area contributed by atoms with Gasteiger partial charge in [0.2, 0.25) is 0 Å². The minimum Gasteiger partial charge on any atom is -0.497 e. The van der Waals surface area contributed by atoms with E-state index in [0.29, 0.717) is 28.4 Å². The molecule has 0 heterocycles. The zero-order valence-corrected chi connectivity index (χ0v) is 17.0. The van der Waals surface area contributed by atoms with E-state index in [9.17, 15) is 9.59 Å². The first kappa shape index (κ1) is 20.9. The minimum atomic E-state index is -0.351. The fourth-order valence-electron chi connectivity index (χ4n) is 2.85. The lowest BCUT2D eigenvalue weighted by Crippen LogP contribution is -2.22. The van der Waals surface area contributed by atoms with Gasteiger partial charge in [0.25, 0.3) is 11.8 Å². The second kappa shape index (κ2) is 10.1. The smallest absolute Gasteiger partial charge is 0.262 e. The van der Waals surface area contributed by atoms with Crippen molar-refractivity contribution in [1.82, 2.24) is 0 Å². The number of amides is 2. The Morgan fingerprint density at radius 2 is 1.63 bits per heavy atom. The SMILES string of the molecule is CCc1ccc(OCC(=O)Nc2ccccc2C(=O)Nc2cccc(OC)c2)cc1. The van der Waals surface area contributed by atoms with Crippen LogP contribution in [0.4, 0.5) is 11.4 Å². The Labute approximate surface area is 175 Å². The Morgan fingerprint density at radius 3 is 2.37 bits per heavy atom. The van der Waals surface area contributed by atoms with Crippen LogP contribution in [0.25, 0.3) is 0 Å². The predicted molar refractivity (Wildman–Crippen MR) is 117 cm³/mol. The van der Waals surface area contributed by atoms with Crippen LogP contribution in [0.3, 0.4) is 0 Å². The number of carbonyl (C=O) groups is 2. The average molecular weight is 404 g/mol. The monoisotopic (exact) mass is 404 g/mol. The Balaban J connectivity index is 1.63.